The Labute approximate surface area is 171 Å². The van der Waals surface area contributed by atoms with Gasteiger partial charge < -0.3 is 14.4 Å². The van der Waals surface area contributed by atoms with Crippen LogP contribution in [0.2, 0.25) is 0 Å². The van der Waals surface area contributed by atoms with E-state index in [1.165, 1.54) is 42.1 Å². The molecule has 0 aliphatic carbocycles. The molecule has 1 aliphatic rings. The van der Waals surface area contributed by atoms with E-state index in [2.05, 4.69) is 48.6 Å². The summed E-state index contributed by atoms with van der Waals surface area (Å²) >= 11 is 0. The number of hydrogen-bond acceptors (Lipinski definition) is 4. The predicted octanol–water partition coefficient (Wildman–Crippen LogP) is 5.52. The molecule has 0 saturated heterocycles. The summed E-state index contributed by atoms with van der Waals surface area (Å²) < 4.78 is 11.4. The first kappa shape index (κ1) is 21.3. The standard InChI is InChI=1S/C23H35N2O2P/c1-5-7-19(16-28(4)17-26-3)10-11-25-12-13-27-22-15-24-21-9-8-18(6-2)14-20(21)23(22)25/h8-9,14-15,19H,5-7,10-13,16-17H2,1-4H3. The molecule has 3 rings (SSSR count). The Hall–Kier alpha value is -1.38. The number of aryl methyl sites for hydroxylation is 1. The fourth-order valence-corrected chi connectivity index (χ4v) is 6.04. The number of nitrogens with zero attached hydrogens (tertiary/aromatic N) is 2. The lowest BCUT2D eigenvalue weighted by atomic mass is 10.0. The highest BCUT2D eigenvalue weighted by molar-refractivity contribution is 7.56. The van der Waals surface area contributed by atoms with Crippen LogP contribution >= 0.6 is 7.92 Å². The average molecular weight is 403 g/mol. The number of methoxy groups -OCH3 is 1. The van der Waals surface area contributed by atoms with Crippen LogP contribution in [0.3, 0.4) is 0 Å². The molecule has 0 radical (unpaired) electrons. The molecular weight excluding hydrogens is 367 g/mol. The molecule has 0 spiro atoms. The average Bonchev–Trinajstić information content (AvgIpc) is 2.71. The highest BCUT2D eigenvalue weighted by Crippen LogP contribution is 2.39. The Morgan fingerprint density at radius 3 is 2.89 bits per heavy atom. The second kappa shape index (κ2) is 10.4. The molecule has 2 atom stereocenters. The number of fused-ring (bicyclic) bond motifs is 3. The molecule has 154 valence electrons. The quantitative estimate of drug-likeness (QED) is 0.490. The van der Waals surface area contributed by atoms with Crippen molar-refractivity contribution < 1.29 is 9.47 Å². The third kappa shape index (κ3) is 5.15. The molecule has 0 fully saturated rings. The van der Waals surface area contributed by atoms with E-state index in [0.29, 0.717) is 0 Å². The summed E-state index contributed by atoms with van der Waals surface area (Å²) in [5.74, 6) is 1.72. The molecule has 4 nitrogen and oxygen atoms in total. The van der Waals surface area contributed by atoms with E-state index in [9.17, 15) is 0 Å². The third-order valence-corrected chi connectivity index (χ3v) is 7.48. The van der Waals surface area contributed by atoms with E-state index in [4.69, 9.17) is 9.47 Å². The van der Waals surface area contributed by atoms with Crippen LogP contribution in [-0.4, -0.2) is 51.0 Å². The fourth-order valence-electron chi connectivity index (χ4n) is 4.25. The lowest BCUT2D eigenvalue weighted by Crippen LogP contribution is -2.35. The molecule has 0 saturated carbocycles. The fraction of sp³-hybridized carbons (Fsp3) is 0.609. The van der Waals surface area contributed by atoms with Crippen molar-refractivity contribution in [2.24, 2.45) is 5.92 Å². The van der Waals surface area contributed by atoms with Gasteiger partial charge in [-0.05, 0) is 49.3 Å². The molecule has 2 heterocycles. The predicted molar refractivity (Wildman–Crippen MR) is 121 cm³/mol. The lowest BCUT2D eigenvalue weighted by molar-refractivity contribution is 0.254. The van der Waals surface area contributed by atoms with Crippen molar-refractivity contribution in [2.45, 2.75) is 39.5 Å². The van der Waals surface area contributed by atoms with Gasteiger partial charge in [0.05, 0.1) is 30.3 Å². The highest BCUT2D eigenvalue weighted by atomic mass is 31.1. The van der Waals surface area contributed by atoms with Gasteiger partial charge in [-0.25, -0.2) is 0 Å². The molecule has 0 amide bonds. The minimum atomic E-state index is -0.0235. The Kier molecular flexibility index (Phi) is 7.93. The number of rotatable bonds is 10. The van der Waals surface area contributed by atoms with Crippen LogP contribution in [0.15, 0.2) is 24.4 Å². The molecule has 0 N–H and O–H groups in total. The monoisotopic (exact) mass is 402 g/mol. The van der Waals surface area contributed by atoms with Gasteiger partial charge >= 0.3 is 0 Å². The maximum Gasteiger partial charge on any atom is 0.161 e. The van der Waals surface area contributed by atoms with Crippen LogP contribution < -0.4 is 9.64 Å². The summed E-state index contributed by atoms with van der Waals surface area (Å²) in [6.45, 7) is 9.67. The van der Waals surface area contributed by atoms with Crippen molar-refractivity contribution in [3.05, 3.63) is 30.0 Å². The SMILES string of the molecule is CCCC(CCN1CCOc2cnc3ccc(CC)cc3c21)CP(C)COC. The van der Waals surface area contributed by atoms with Crippen molar-refractivity contribution in [3.63, 3.8) is 0 Å². The van der Waals surface area contributed by atoms with Crippen LogP contribution in [0.4, 0.5) is 5.69 Å². The zero-order valence-corrected chi connectivity index (χ0v) is 18.8. The first-order valence-corrected chi connectivity index (χ1v) is 12.8. The summed E-state index contributed by atoms with van der Waals surface area (Å²) in [6.07, 6.45) is 8.98. The largest absolute Gasteiger partial charge is 0.488 e. The molecule has 5 heteroatoms. The van der Waals surface area contributed by atoms with Crippen molar-refractivity contribution in [1.82, 2.24) is 4.98 Å². The van der Waals surface area contributed by atoms with Crippen LogP contribution in [0, 0.1) is 5.92 Å². The molecule has 1 aromatic carbocycles. The number of anilines is 1. The molecular formula is C23H35N2O2P. The van der Waals surface area contributed by atoms with Crippen LogP contribution in [0.25, 0.3) is 10.9 Å². The van der Waals surface area contributed by atoms with Gasteiger partial charge in [0, 0.05) is 19.0 Å². The Bertz CT molecular complexity index is 762. The number of hydrogen-bond donors (Lipinski definition) is 0. The van der Waals surface area contributed by atoms with Crippen LogP contribution in [0.1, 0.15) is 38.7 Å². The van der Waals surface area contributed by atoms with Gasteiger partial charge in [-0.15, -0.1) is 0 Å². The number of pyridine rings is 1. The van der Waals surface area contributed by atoms with E-state index >= 15 is 0 Å². The maximum absolute atomic E-state index is 5.97. The van der Waals surface area contributed by atoms with Gasteiger partial charge in [-0.2, -0.15) is 0 Å². The lowest BCUT2D eigenvalue weighted by Gasteiger charge is -2.33. The van der Waals surface area contributed by atoms with Crippen molar-refractivity contribution >= 4 is 24.5 Å². The molecule has 28 heavy (non-hydrogen) atoms. The number of aromatic nitrogens is 1. The van der Waals surface area contributed by atoms with E-state index in [1.807, 2.05) is 13.3 Å². The Morgan fingerprint density at radius 1 is 1.29 bits per heavy atom. The molecule has 0 bridgehead atoms. The smallest absolute Gasteiger partial charge is 0.161 e. The van der Waals surface area contributed by atoms with E-state index in [1.54, 1.807) is 0 Å². The highest BCUT2D eigenvalue weighted by Gasteiger charge is 2.23. The van der Waals surface area contributed by atoms with Gasteiger partial charge in [0.15, 0.2) is 5.75 Å². The Morgan fingerprint density at radius 2 is 2.14 bits per heavy atom. The second-order valence-electron chi connectivity index (χ2n) is 7.91. The van der Waals surface area contributed by atoms with E-state index in [-0.39, 0.29) is 7.92 Å². The van der Waals surface area contributed by atoms with Crippen molar-refractivity contribution in [2.75, 3.05) is 50.9 Å². The normalized spacial score (nSPS) is 15.9. The van der Waals surface area contributed by atoms with Gasteiger partial charge in [0.2, 0.25) is 0 Å². The summed E-state index contributed by atoms with van der Waals surface area (Å²) in [7, 11) is 1.80. The summed E-state index contributed by atoms with van der Waals surface area (Å²) in [5, 5.41) is 1.24. The van der Waals surface area contributed by atoms with Crippen LogP contribution in [0.5, 0.6) is 5.75 Å². The summed E-state index contributed by atoms with van der Waals surface area (Å²) in [6, 6.07) is 6.64. The molecule has 1 aromatic heterocycles. The van der Waals surface area contributed by atoms with Gasteiger partial charge in [0.25, 0.3) is 0 Å². The van der Waals surface area contributed by atoms with E-state index in [0.717, 1.165) is 49.6 Å². The minimum absolute atomic E-state index is 0.0235. The summed E-state index contributed by atoms with van der Waals surface area (Å²) in [5.41, 5.74) is 3.67. The van der Waals surface area contributed by atoms with Crippen molar-refractivity contribution in [1.29, 1.82) is 0 Å². The van der Waals surface area contributed by atoms with Crippen LogP contribution in [-0.2, 0) is 11.2 Å². The van der Waals surface area contributed by atoms with Gasteiger partial charge in [-0.3, -0.25) is 4.98 Å². The minimum Gasteiger partial charge on any atom is -0.488 e. The van der Waals surface area contributed by atoms with Crippen molar-refractivity contribution in [3.8, 4) is 5.75 Å². The second-order valence-corrected chi connectivity index (χ2v) is 10.2. The molecule has 2 aromatic rings. The third-order valence-electron chi connectivity index (χ3n) is 5.64. The number of ether oxygens (including phenoxy) is 2. The zero-order chi connectivity index (χ0) is 19.9. The van der Waals surface area contributed by atoms with Gasteiger partial charge in [0.1, 0.15) is 6.61 Å². The number of benzene rings is 1. The Balaban J connectivity index is 1.79. The van der Waals surface area contributed by atoms with Gasteiger partial charge in [-0.1, -0.05) is 40.7 Å². The van der Waals surface area contributed by atoms with E-state index < -0.39 is 0 Å². The molecule has 1 aliphatic heterocycles. The summed E-state index contributed by atoms with van der Waals surface area (Å²) in [4.78, 5) is 7.17. The zero-order valence-electron chi connectivity index (χ0n) is 17.9. The topological polar surface area (TPSA) is 34.6 Å². The first-order chi connectivity index (χ1) is 13.7. The first-order valence-electron chi connectivity index (χ1n) is 10.6. The maximum atomic E-state index is 5.97. The molecule has 2 unspecified atom stereocenters.